The minimum Gasteiger partial charge on any atom is -0.465 e. The molecular formula is C25H33FN2O4. The van der Waals surface area contributed by atoms with E-state index in [0.717, 1.165) is 0 Å². The number of allylic oxidation sites excluding steroid dienone is 1. The van der Waals surface area contributed by atoms with E-state index in [1.165, 1.54) is 12.1 Å². The van der Waals surface area contributed by atoms with Crippen molar-refractivity contribution in [3.8, 4) is 0 Å². The topological polar surface area (TPSA) is 68.2 Å². The number of halogens is 1. The molecule has 0 N–H and O–H groups in total. The van der Waals surface area contributed by atoms with E-state index < -0.39 is 17.8 Å². The first-order chi connectivity index (χ1) is 15.3. The highest BCUT2D eigenvalue weighted by Gasteiger charge is 2.45. The number of hydrogen-bond acceptors (Lipinski definition) is 5. The van der Waals surface area contributed by atoms with Crippen LogP contribution in [0.2, 0.25) is 0 Å². The Morgan fingerprint density at radius 1 is 1.12 bits per heavy atom. The summed E-state index contributed by atoms with van der Waals surface area (Å²) in [7, 11) is 0. The monoisotopic (exact) mass is 444 g/mol. The molecule has 2 atom stereocenters. The van der Waals surface area contributed by atoms with Gasteiger partial charge in [-0.1, -0.05) is 39.8 Å². The maximum atomic E-state index is 13.8. The van der Waals surface area contributed by atoms with Crippen LogP contribution in [-0.2, 0) is 19.1 Å². The Hall–Kier alpha value is -2.54. The van der Waals surface area contributed by atoms with Crippen LogP contribution in [0.5, 0.6) is 0 Å². The van der Waals surface area contributed by atoms with Crippen LogP contribution in [0, 0.1) is 23.6 Å². The second kappa shape index (κ2) is 10.4. The number of aliphatic imine (C=N–C) groups is 1. The summed E-state index contributed by atoms with van der Waals surface area (Å²) in [4.78, 5) is 33.7. The summed E-state index contributed by atoms with van der Waals surface area (Å²) >= 11 is 0. The van der Waals surface area contributed by atoms with Crippen molar-refractivity contribution in [2.75, 3.05) is 32.9 Å². The van der Waals surface area contributed by atoms with Gasteiger partial charge >= 0.3 is 5.97 Å². The van der Waals surface area contributed by atoms with E-state index >= 15 is 0 Å². The zero-order valence-electron chi connectivity index (χ0n) is 19.6. The average molecular weight is 445 g/mol. The molecule has 7 heteroatoms. The molecule has 2 heterocycles. The van der Waals surface area contributed by atoms with E-state index in [-0.39, 0.29) is 30.2 Å². The number of hydrogen-bond donors (Lipinski definition) is 0. The Balaban J connectivity index is 2.25. The molecule has 1 saturated heterocycles. The summed E-state index contributed by atoms with van der Waals surface area (Å²) in [6, 6.07) is 6.04. The van der Waals surface area contributed by atoms with Gasteiger partial charge in [0.15, 0.2) is 0 Å². The number of amides is 1. The molecule has 32 heavy (non-hydrogen) atoms. The predicted octanol–water partition coefficient (Wildman–Crippen LogP) is 3.97. The first-order valence-corrected chi connectivity index (χ1v) is 11.4. The quantitative estimate of drug-likeness (QED) is 0.623. The van der Waals surface area contributed by atoms with Crippen molar-refractivity contribution in [2.45, 2.75) is 40.5 Å². The molecule has 0 aromatic heterocycles. The van der Waals surface area contributed by atoms with Gasteiger partial charge in [-0.3, -0.25) is 14.6 Å². The highest BCUT2D eigenvalue weighted by atomic mass is 19.1. The number of esters is 1. The molecule has 6 nitrogen and oxygen atoms in total. The molecule has 0 spiro atoms. The Bertz CT molecular complexity index is 899. The minimum absolute atomic E-state index is 0.0267. The standard InChI is InChI=1S/C25H33FN2O4/c1-6-32-25(30)21-19(17-7-9-18(26)10-8-17)20(24(29)28-11-13-31-14-12-28)22(15(2)3)27-23(21)16(4)5/h7-10,15-16,19,21H,6,11-14H2,1-5H3. The van der Waals surface area contributed by atoms with Crippen molar-refractivity contribution in [3.05, 3.63) is 46.9 Å². The van der Waals surface area contributed by atoms with E-state index in [1.54, 1.807) is 24.0 Å². The lowest BCUT2D eigenvalue weighted by atomic mass is 9.71. The summed E-state index contributed by atoms with van der Waals surface area (Å²) in [6.07, 6.45) is 0. The fourth-order valence-electron chi connectivity index (χ4n) is 4.39. The molecule has 3 rings (SSSR count). The van der Waals surface area contributed by atoms with Gasteiger partial charge in [-0.25, -0.2) is 4.39 Å². The van der Waals surface area contributed by atoms with Gasteiger partial charge in [-0.05, 0) is 36.5 Å². The SMILES string of the molecule is CCOC(=O)C1C(C(C)C)=NC(C(C)C)=C(C(=O)N2CCOCC2)C1c1ccc(F)cc1. The van der Waals surface area contributed by atoms with E-state index in [4.69, 9.17) is 14.5 Å². The number of carbonyl (C=O) groups excluding carboxylic acids is 2. The molecule has 1 amide bonds. The van der Waals surface area contributed by atoms with Gasteiger partial charge in [0.2, 0.25) is 0 Å². The van der Waals surface area contributed by atoms with Gasteiger partial charge < -0.3 is 14.4 Å². The Morgan fingerprint density at radius 2 is 1.75 bits per heavy atom. The molecule has 1 aromatic rings. The fourth-order valence-corrected chi connectivity index (χ4v) is 4.39. The third-order valence-corrected chi connectivity index (χ3v) is 5.93. The van der Waals surface area contributed by atoms with Crippen LogP contribution in [0.3, 0.4) is 0 Å². The van der Waals surface area contributed by atoms with Gasteiger partial charge in [0.05, 0.1) is 25.5 Å². The van der Waals surface area contributed by atoms with Crippen molar-refractivity contribution in [3.63, 3.8) is 0 Å². The smallest absolute Gasteiger partial charge is 0.315 e. The molecule has 174 valence electrons. The van der Waals surface area contributed by atoms with Crippen LogP contribution >= 0.6 is 0 Å². The van der Waals surface area contributed by atoms with Gasteiger partial charge in [0.1, 0.15) is 11.7 Å². The third kappa shape index (κ3) is 4.93. The first kappa shape index (κ1) is 24.1. The Labute approximate surface area is 189 Å². The van der Waals surface area contributed by atoms with Crippen molar-refractivity contribution < 1.29 is 23.5 Å². The molecule has 0 radical (unpaired) electrons. The summed E-state index contributed by atoms with van der Waals surface area (Å²) in [5.41, 5.74) is 2.57. The van der Waals surface area contributed by atoms with Crippen molar-refractivity contribution in [1.29, 1.82) is 0 Å². The molecule has 2 aliphatic heterocycles. The van der Waals surface area contributed by atoms with E-state index in [2.05, 4.69) is 0 Å². The fraction of sp³-hybridized carbons (Fsp3) is 0.560. The largest absolute Gasteiger partial charge is 0.465 e. The third-order valence-electron chi connectivity index (χ3n) is 5.93. The Kier molecular flexibility index (Phi) is 7.82. The zero-order chi connectivity index (χ0) is 23.4. The molecular weight excluding hydrogens is 411 g/mol. The van der Waals surface area contributed by atoms with Crippen LogP contribution in [0.15, 0.2) is 40.5 Å². The lowest BCUT2D eigenvalue weighted by Crippen LogP contribution is -2.46. The number of rotatable bonds is 6. The van der Waals surface area contributed by atoms with Crippen LogP contribution in [0.4, 0.5) is 4.39 Å². The van der Waals surface area contributed by atoms with Crippen LogP contribution in [0.1, 0.15) is 46.1 Å². The summed E-state index contributed by atoms with van der Waals surface area (Å²) in [6.45, 7) is 11.9. The second-order valence-electron chi connectivity index (χ2n) is 8.81. The molecule has 0 saturated carbocycles. The maximum absolute atomic E-state index is 13.8. The minimum atomic E-state index is -0.747. The first-order valence-electron chi connectivity index (χ1n) is 11.4. The van der Waals surface area contributed by atoms with Crippen LogP contribution < -0.4 is 0 Å². The molecule has 2 aliphatic rings. The van der Waals surface area contributed by atoms with Crippen molar-refractivity contribution in [2.24, 2.45) is 22.7 Å². The number of benzene rings is 1. The normalized spacial score (nSPS) is 21.8. The molecule has 2 unspecified atom stereocenters. The maximum Gasteiger partial charge on any atom is 0.315 e. The van der Waals surface area contributed by atoms with Crippen molar-refractivity contribution >= 4 is 17.6 Å². The number of carbonyl (C=O) groups is 2. The molecule has 0 bridgehead atoms. The summed E-state index contributed by atoms with van der Waals surface area (Å²) < 4.78 is 24.6. The van der Waals surface area contributed by atoms with Crippen LogP contribution in [-0.4, -0.2) is 55.4 Å². The molecule has 1 aromatic carbocycles. The Morgan fingerprint density at radius 3 is 2.28 bits per heavy atom. The number of ether oxygens (including phenoxy) is 2. The molecule has 0 aliphatic carbocycles. The van der Waals surface area contributed by atoms with Gasteiger partial charge in [0, 0.05) is 30.3 Å². The number of morpholine rings is 1. The zero-order valence-corrected chi connectivity index (χ0v) is 19.6. The highest BCUT2D eigenvalue weighted by molar-refractivity contribution is 6.09. The highest BCUT2D eigenvalue weighted by Crippen LogP contribution is 2.43. The number of nitrogens with zero attached hydrogens (tertiary/aromatic N) is 2. The van der Waals surface area contributed by atoms with Gasteiger partial charge in [-0.2, -0.15) is 0 Å². The van der Waals surface area contributed by atoms with Crippen LogP contribution in [0.25, 0.3) is 0 Å². The summed E-state index contributed by atoms with van der Waals surface area (Å²) in [5.74, 6) is -2.34. The van der Waals surface area contributed by atoms with E-state index in [0.29, 0.717) is 48.8 Å². The van der Waals surface area contributed by atoms with E-state index in [1.807, 2.05) is 27.7 Å². The average Bonchev–Trinajstić information content (AvgIpc) is 2.78. The lowest BCUT2D eigenvalue weighted by Gasteiger charge is -2.38. The molecule has 1 fully saturated rings. The predicted molar refractivity (Wildman–Crippen MR) is 121 cm³/mol. The second-order valence-corrected chi connectivity index (χ2v) is 8.81. The van der Waals surface area contributed by atoms with Gasteiger partial charge in [0.25, 0.3) is 5.91 Å². The van der Waals surface area contributed by atoms with Gasteiger partial charge in [-0.15, -0.1) is 0 Å². The van der Waals surface area contributed by atoms with E-state index in [9.17, 15) is 14.0 Å². The summed E-state index contributed by atoms with van der Waals surface area (Å²) in [5, 5.41) is 0. The van der Waals surface area contributed by atoms with Crippen molar-refractivity contribution in [1.82, 2.24) is 4.90 Å². The lowest BCUT2D eigenvalue weighted by molar-refractivity contribution is -0.146.